The summed E-state index contributed by atoms with van der Waals surface area (Å²) in [5, 5.41) is 13.9. The number of hydrogen-bond donors (Lipinski definition) is 4. The number of rotatable bonds is 11. The first-order valence-electron chi connectivity index (χ1n) is 10.8. The van der Waals surface area contributed by atoms with E-state index in [1.54, 1.807) is 19.9 Å². The fraction of sp³-hybridized carbons (Fsp3) is 0.565. The fourth-order valence-corrected chi connectivity index (χ4v) is 5.05. The highest BCUT2D eigenvalue weighted by atomic mass is 32.2. The van der Waals surface area contributed by atoms with Gasteiger partial charge in [0.25, 0.3) is 0 Å². The highest BCUT2D eigenvalue weighted by molar-refractivity contribution is 7.83. The van der Waals surface area contributed by atoms with Gasteiger partial charge in [-0.25, -0.2) is 5.01 Å². The SMILES string of the molecule is C.CCN(CCO)C1=CC(C)(C)C(N)(N(CC)N(C(C)Nc2ccccc2)S(=O)(=O)O)C=C1. The van der Waals surface area contributed by atoms with E-state index in [1.165, 1.54) is 5.01 Å². The minimum atomic E-state index is -4.66. The smallest absolute Gasteiger partial charge is 0.351 e. The Bertz CT molecular complexity index is 920. The number of benzene rings is 1. The van der Waals surface area contributed by atoms with Crippen molar-refractivity contribution < 1.29 is 18.1 Å². The molecular weight excluding hydrogens is 442 g/mol. The molecule has 9 nitrogen and oxygen atoms in total. The molecule has 10 heteroatoms. The summed E-state index contributed by atoms with van der Waals surface area (Å²) in [4.78, 5) is 2.02. The Hall–Kier alpha value is -1.95. The summed E-state index contributed by atoms with van der Waals surface area (Å²) in [6.45, 7) is 10.7. The molecular formula is C23H41N5O4S. The van der Waals surface area contributed by atoms with E-state index >= 15 is 0 Å². The minimum absolute atomic E-state index is 0. The second kappa shape index (κ2) is 11.5. The van der Waals surface area contributed by atoms with Gasteiger partial charge >= 0.3 is 10.3 Å². The average molecular weight is 484 g/mol. The maximum Gasteiger partial charge on any atom is 0.351 e. The van der Waals surface area contributed by atoms with Crippen LogP contribution in [0.4, 0.5) is 5.69 Å². The fourth-order valence-electron chi connectivity index (χ4n) is 4.09. The Balaban J connectivity index is 0.00000544. The Labute approximate surface area is 199 Å². The van der Waals surface area contributed by atoms with E-state index in [0.29, 0.717) is 18.8 Å². The molecule has 188 valence electrons. The lowest BCUT2D eigenvalue weighted by atomic mass is 9.74. The van der Waals surface area contributed by atoms with E-state index in [0.717, 1.165) is 10.1 Å². The van der Waals surface area contributed by atoms with Gasteiger partial charge in [-0.2, -0.15) is 8.42 Å². The molecule has 0 amide bonds. The average Bonchev–Trinajstić information content (AvgIpc) is 2.71. The van der Waals surface area contributed by atoms with Crippen molar-refractivity contribution >= 4 is 16.0 Å². The third-order valence-corrected chi connectivity index (χ3v) is 6.83. The van der Waals surface area contributed by atoms with Gasteiger partial charge in [0.05, 0.1) is 6.61 Å². The number of likely N-dealkylation sites (N-methyl/N-ethyl adjacent to an activating group) is 2. The van der Waals surface area contributed by atoms with Gasteiger partial charge in [0.1, 0.15) is 11.8 Å². The Kier molecular flexibility index (Phi) is 10.1. The van der Waals surface area contributed by atoms with Crippen molar-refractivity contribution in [3.8, 4) is 0 Å². The van der Waals surface area contributed by atoms with Crippen LogP contribution in [0.25, 0.3) is 0 Å². The number of nitrogens with one attached hydrogen (secondary N) is 1. The number of hydrazine groups is 1. The van der Waals surface area contributed by atoms with Crippen LogP contribution in [0.15, 0.2) is 54.3 Å². The van der Waals surface area contributed by atoms with Crippen molar-refractivity contribution in [2.45, 2.75) is 53.9 Å². The summed E-state index contributed by atoms with van der Waals surface area (Å²) in [6.07, 6.45) is 4.76. The maximum atomic E-state index is 12.5. The van der Waals surface area contributed by atoms with Gasteiger partial charge in [-0.15, -0.1) is 0 Å². The van der Waals surface area contributed by atoms with E-state index in [-0.39, 0.29) is 20.6 Å². The summed E-state index contributed by atoms with van der Waals surface area (Å²) in [5.74, 6) is 0. The molecule has 1 aromatic rings. The van der Waals surface area contributed by atoms with E-state index in [1.807, 2.05) is 68.2 Å². The van der Waals surface area contributed by atoms with Crippen LogP contribution >= 0.6 is 0 Å². The maximum absolute atomic E-state index is 12.5. The van der Waals surface area contributed by atoms with Gasteiger partial charge in [-0.3, -0.25) is 4.55 Å². The number of aliphatic hydroxyl groups is 1. The third-order valence-electron chi connectivity index (χ3n) is 5.85. The topological polar surface area (TPSA) is 122 Å². The number of aliphatic hydroxyl groups excluding tert-OH is 1. The van der Waals surface area contributed by atoms with E-state index in [9.17, 15) is 18.1 Å². The minimum Gasteiger partial charge on any atom is -0.395 e. The van der Waals surface area contributed by atoms with Crippen molar-refractivity contribution in [3.05, 3.63) is 54.3 Å². The molecule has 2 unspecified atom stereocenters. The van der Waals surface area contributed by atoms with Crippen LogP contribution in [0.3, 0.4) is 0 Å². The summed E-state index contributed by atoms with van der Waals surface area (Å²) in [6, 6.07) is 9.15. The number of nitrogens with two attached hydrogens (primary N) is 1. The van der Waals surface area contributed by atoms with Gasteiger partial charge < -0.3 is 21.1 Å². The molecule has 1 aliphatic carbocycles. The van der Waals surface area contributed by atoms with Gasteiger partial charge in [0.15, 0.2) is 0 Å². The molecule has 33 heavy (non-hydrogen) atoms. The highest BCUT2D eigenvalue weighted by Crippen LogP contribution is 2.41. The molecule has 0 spiro atoms. The summed E-state index contributed by atoms with van der Waals surface area (Å²) in [5.41, 5.74) is 6.51. The van der Waals surface area contributed by atoms with Crippen LogP contribution in [0.2, 0.25) is 0 Å². The molecule has 0 heterocycles. The molecule has 0 saturated carbocycles. The largest absolute Gasteiger partial charge is 0.395 e. The molecule has 1 aromatic carbocycles. The highest BCUT2D eigenvalue weighted by Gasteiger charge is 2.50. The van der Waals surface area contributed by atoms with Gasteiger partial charge in [0.2, 0.25) is 0 Å². The second-order valence-electron chi connectivity index (χ2n) is 8.41. The second-order valence-corrected chi connectivity index (χ2v) is 9.68. The zero-order valence-corrected chi connectivity index (χ0v) is 20.4. The monoisotopic (exact) mass is 483 g/mol. The number of allylic oxidation sites excluding steroid dienone is 1. The summed E-state index contributed by atoms with van der Waals surface area (Å²) in [7, 11) is -4.66. The van der Waals surface area contributed by atoms with Gasteiger partial charge in [-0.1, -0.05) is 56.9 Å². The molecule has 0 aromatic heterocycles. The molecule has 2 rings (SSSR count). The first-order valence-corrected chi connectivity index (χ1v) is 12.2. The standard InChI is InChI=1S/C22H37N5O4S.CH4/c1-6-25(15-16-28)20-13-14-22(23,21(4,5)17-20)26(7-2)27(32(29,30)31)18(3)24-19-11-9-8-10-12-19;/h8-14,17-18,24,28H,6-7,15-16,23H2,1-5H3,(H,29,30,31);1H4. The molecule has 0 saturated heterocycles. The van der Waals surface area contributed by atoms with Crippen molar-refractivity contribution in [3.63, 3.8) is 0 Å². The third kappa shape index (κ3) is 6.34. The molecule has 0 fully saturated rings. The lowest BCUT2D eigenvalue weighted by molar-refractivity contribution is -0.0827. The molecule has 0 bridgehead atoms. The van der Waals surface area contributed by atoms with E-state index < -0.39 is 27.5 Å². The predicted octanol–water partition coefficient (Wildman–Crippen LogP) is 2.87. The van der Waals surface area contributed by atoms with Crippen molar-refractivity contribution in [2.24, 2.45) is 11.1 Å². The van der Waals surface area contributed by atoms with Crippen molar-refractivity contribution in [1.82, 2.24) is 14.3 Å². The molecule has 2 atom stereocenters. The Morgan fingerprint density at radius 1 is 1.15 bits per heavy atom. The molecule has 1 aliphatic rings. The number of anilines is 1. The molecule has 0 aliphatic heterocycles. The Morgan fingerprint density at radius 2 is 1.76 bits per heavy atom. The van der Waals surface area contributed by atoms with Crippen LogP contribution in [0.5, 0.6) is 0 Å². The van der Waals surface area contributed by atoms with Crippen LogP contribution < -0.4 is 11.1 Å². The van der Waals surface area contributed by atoms with Gasteiger partial charge in [-0.05, 0) is 38.1 Å². The van der Waals surface area contributed by atoms with Crippen LogP contribution in [-0.4, -0.2) is 70.5 Å². The quantitative estimate of drug-likeness (QED) is 0.215. The molecule has 5 N–H and O–H groups in total. The first kappa shape index (κ1) is 29.1. The van der Waals surface area contributed by atoms with Gasteiger partial charge in [0, 0.05) is 36.4 Å². The predicted molar refractivity (Wildman–Crippen MR) is 134 cm³/mol. The number of nitrogens with zero attached hydrogens (tertiary/aromatic N) is 3. The Morgan fingerprint density at radius 3 is 2.21 bits per heavy atom. The van der Waals surface area contributed by atoms with Crippen molar-refractivity contribution in [1.29, 1.82) is 0 Å². The lowest BCUT2D eigenvalue weighted by Crippen LogP contribution is -2.71. The first-order chi connectivity index (χ1) is 14.9. The van der Waals surface area contributed by atoms with Crippen LogP contribution in [0.1, 0.15) is 42.0 Å². The zero-order valence-electron chi connectivity index (χ0n) is 19.6. The zero-order chi connectivity index (χ0) is 24.2. The lowest BCUT2D eigenvalue weighted by Gasteiger charge is -2.53. The normalized spacial score (nSPS) is 20.8. The summed E-state index contributed by atoms with van der Waals surface area (Å²) >= 11 is 0. The van der Waals surface area contributed by atoms with E-state index in [2.05, 4.69) is 5.32 Å². The van der Waals surface area contributed by atoms with Crippen molar-refractivity contribution in [2.75, 3.05) is 31.6 Å². The van der Waals surface area contributed by atoms with E-state index in [4.69, 9.17) is 5.73 Å². The van der Waals surface area contributed by atoms with Crippen LogP contribution in [0, 0.1) is 5.41 Å². The molecule has 0 radical (unpaired) electrons. The summed E-state index contributed by atoms with van der Waals surface area (Å²) < 4.78 is 36.1. The number of hydrogen-bond acceptors (Lipinski definition) is 7. The van der Waals surface area contributed by atoms with Crippen LogP contribution in [-0.2, 0) is 10.3 Å². The number of para-hydroxylation sites is 1.